The molecule has 0 aromatic carbocycles. The molecule has 5 nitrogen and oxygen atoms in total. The summed E-state index contributed by atoms with van der Waals surface area (Å²) < 4.78 is 0. The highest BCUT2D eigenvalue weighted by Crippen LogP contribution is 2.55. The minimum absolute atomic E-state index is 0.0524. The monoisotopic (exact) mass is 312 g/mol. The number of carboxylic acid groups (broad SMARTS) is 1. The van der Waals surface area contributed by atoms with E-state index < -0.39 is 12.0 Å². The van der Waals surface area contributed by atoms with Crippen molar-refractivity contribution < 1.29 is 14.7 Å². The van der Waals surface area contributed by atoms with Gasteiger partial charge in [0.1, 0.15) is 6.29 Å². The van der Waals surface area contributed by atoms with Crippen LogP contribution in [0.4, 0.5) is 0 Å². The van der Waals surface area contributed by atoms with Crippen molar-refractivity contribution in [2.75, 3.05) is 6.54 Å². The molecule has 0 aromatic heterocycles. The third-order valence-corrected chi connectivity index (χ3v) is 5.33. The normalized spacial score (nSPS) is 23.1. The predicted octanol–water partition coefficient (Wildman–Crippen LogP) is 2.19. The van der Waals surface area contributed by atoms with Gasteiger partial charge in [-0.15, -0.1) is 0 Å². The first-order chi connectivity index (χ1) is 10.1. The van der Waals surface area contributed by atoms with E-state index in [1.165, 1.54) is 12.8 Å². The molecule has 0 bridgehead atoms. The van der Waals surface area contributed by atoms with Crippen molar-refractivity contribution >= 4 is 12.3 Å². The van der Waals surface area contributed by atoms with Crippen molar-refractivity contribution in [3.05, 3.63) is 0 Å². The number of nitrogens with one attached hydrogen (secondary N) is 1. The van der Waals surface area contributed by atoms with E-state index in [4.69, 9.17) is 10.8 Å². The van der Waals surface area contributed by atoms with Crippen LogP contribution in [0.2, 0.25) is 0 Å². The zero-order chi connectivity index (χ0) is 17.0. The molecule has 0 aliphatic heterocycles. The van der Waals surface area contributed by atoms with E-state index in [-0.39, 0.29) is 12.5 Å². The second kappa shape index (κ2) is 7.55. The molecule has 0 radical (unpaired) electrons. The smallest absolute Gasteiger partial charge is 0.305 e. The summed E-state index contributed by atoms with van der Waals surface area (Å²) in [7, 11) is 0. The fraction of sp³-hybridized carbons (Fsp3) is 0.882. The van der Waals surface area contributed by atoms with Gasteiger partial charge in [-0.3, -0.25) is 4.79 Å². The Morgan fingerprint density at radius 3 is 2.32 bits per heavy atom. The molecule has 0 amide bonds. The molecule has 4 N–H and O–H groups in total. The molecular formula is C17H32N2O3. The summed E-state index contributed by atoms with van der Waals surface area (Å²) in [5.41, 5.74) is 6.84. The van der Waals surface area contributed by atoms with Gasteiger partial charge in [0.2, 0.25) is 0 Å². The lowest BCUT2D eigenvalue weighted by Gasteiger charge is -2.36. The summed E-state index contributed by atoms with van der Waals surface area (Å²) in [5, 5.41) is 11.7. The van der Waals surface area contributed by atoms with Gasteiger partial charge >= 0.3 is 5.97 Å². The van der Waals surface area contributed by atoms with Crippen LogP contribution in [0.3, 0.4) is 0 Å². The molecule has 0 spiro atoms. The molecule has 0 heterocycles. The molecule has 2 atom stereocenters. The van der Waals surface area contributed by atoms with Crippen molar-refractivity contribution in [2.24, 2.45) is 22.5 Å². The first-order valence-corrected chi connectivity index (χ1v) is 8.24. The second-order valence-electron chi connectivity index (χ2n) is 8.12. The molecule has 1 rings (SSSR count). The Labute approximate surface area is 134 Å². The van der Waals surface area contributed by atoms with Crippen molar-refractivity contribution in [3.63, 3.8) is 0 Å². The number of hydrogen-bond acceptors (Lipinski definition) is 4. The first-order valence-electron chi connectivity index (χ1n) is 8.24. The van der Waals surface area contributed by atoms with Crippen molar-refractivity contribution in [3.8, 4) is 0 Å². The van der Waals surface area contributed by atoms with Gasteiger partial charge in [-0.2, -0.15) is 0 Å². The van der Waals surface area contributed by atoms with Gasteiger partial charge in [0.25, 0.3) is 0 Å². The number of aliphatic carboxylic acids is 1. The van der Waals surface area contributed by atoms with Gasteiger partial charge in [-0.25, -0.2) is 0 Å². The number of carboxylic acids is 1. The van der Waals surface area contributed by atoms with E-state index in [2.05, 4.69) is 33.0 Å². The minimum atomic E-state index is -0.979. The van der Waals surface area contributed by atoms with E-state index in [1.807, 2.05) is 0 Å². The number of carbonyl (C=O) groups is 2. The quantitative estimate of drug-likeness (QED) is 0.568. The fourth-order valence-electron chi connectivity index (χ4n) is 3.97. The zero-order valence-corrected chi connectivity index (χ0v) is 14.4. The number of nitrogens with two attached hydrogens (primary N) is 1. The number of rotatable bonds is 9. The van der Waals surface area contributed by atoms with Crippen LogP contribution >= 0.6 is 0 Å². The summed E-state index contributed by atoms with van der Waals surface area (Å²) in [6.45, 7) is 9.83. The Bertz CT molecular complexity index is 377. The van der Waals surface area contributed by atoms with Gasteiger partial charge in [0, 0.05) is 12.6 Å². The maximum atomic E-state index is 10.8. The maximum absolute atomic E-state index is 10.8. The van der Waals surface area contributed by atoms with Gasteiger partial charge in [-0.1, -0.05) is 27.7 Å². The molecule has 1 aliphatic rings. The Balaban J connectivity index is 2.41. The van der Waals surface area contributed by atoms with Gasteiger partial charge in [0.05, 0.1) is 12.5 Å². The van der Waals surface area contributed by atoms with Crippen LogP contribution in [0.15, 0.2) is 0 Å². The Hall–Kier alpha value is -0.940. The summed E-state index contributed by atoms with van der Waals surface area (Å²) in [6, 6.07) is -0.702. The molecule has 128 valence electrons. The molecule has 22 heavy (non-hydrogen) atoms. The molecule has 1 aliphatic carbocycles. The highest BCUT2D eigenvalue weighted by molar-refractivity contribution is 5.73. The summed E-state index contributed by atoms with van der Waals surface area (Å²) in [4.78, 5) is 21.4. The minimum Gasteiger partial charge on any atom is -0.481 e. The van der Waals surface area contributed by atoms with E-state index >= 15 is 0 Å². The van der Waals surface area contributed by atoms with Crippen LogP contribution in [0.5, 0.6) is 0 Å². The molecule has 0 saturated heterocycles. The summed E-state index contributed by atoms with van der Waals surface area (Å²) in [6.07, 6.45) is 4.92. The van der Waals surface area contributed by atoms with E-state index in [0.717, 1.165) is 12.8 Å². The van der Waals surface area contributed by atoms with Gasteiger partial charge < -0.3 is 21.0 Å². The van der Waals surface area contributed by atoms with Crippen LogP contribution in [0.1, 0.15) is 59.8 Å². The largest absolute Gasteiger partial charge is 0.481 e. The van der Waals surface area contributed by atoms with E-state index in [0.29, 0.717) is 29.6 Å². The van der Waals surface area contributed by atoms with Crippen LogP contribution in [-0.4, -0.2) is 36.0 Å². The van der Waals surface area contributed by atoms with Crippen LogP contribution in [0.25, 0.3) is 0 Å². The molecule has 5 heteroatoms. The third kappa shape index (κ3) is 5.36. The van der Waals surface area contributed by atoms with E-state index in [1.54, 1.807) is 0 Å². The number of aldehydes is 1. The molecule has 1 fully saturated rings. The standard InChI is InChI=1S/C17H32N2O3/c1-16(2)7-8-17(3,4)14(16)6-5-12(18)10-19-13(11-20)9-15(21)22/h11-14,19H,5-10,18H2,1-4H3,(H,21,22)/t12?,13-/m1/s1. The highest BCUT2D eigenvalue weighted by Gasteiger charge is 2.46. The lowest BCUT2D eigenvalue weighted by molar-refractivity contribution is -0.138. The average molecular weight is 312 g/mol. The third-order valence-electron chi connectivity index (χ3n) is 5.33. The van der Waals surface area contributed by atoms with Crippen molar-refractivity contribution in [1.29, 1.82) is 0 Å². The lowest BCUT2D eigenvalue weighted by atomic mass is 9.70. The highest BCUT2D eigenvalue weighted by atomic mass is 16.4. The first kappa shape index (κ1) is 19.1. The second-order valence-corrected chi connectivity index (χ2v) is 8.12. The topological polar surface area (TPSA) is 92.4 Å². The van der Waals surface area contributed by atoms with E-state index in [9.17, 15) is 9.59 Å². The van der Waals surface area contributed by atoms with Crippen molar-refractivity contribution in [1.82, 2.24) is 5.32 Å². The Morgan fingerprint density at radius 2 is 1.86 bits per heavy atom. The van der Waals surface area contributed by atoms with Crippen LogP contribution < -0.4 is 11.1 Å². The van der Waals surface area contributed by atoms with Crippen LogP contribution in [-0.2, 0) is 9.59 Å². The SMILES string of the molecule is CC1(C)CCC(C)(C)C1CCC(N)CN[C@@H](C=O)CC(=O)O. The maximum Gasteiger partial charge on any atom is 0.305 e. The molecule has 1 unspecified atom stereocenters. The number of carbonyl (C=O) groups excluding carboxylic acids is 1. The fourth-order valence-corrected chi connectivity index (χ4v) is 3.97. The Morgan fingerprint density at radius 1 is 1.32 bits per heavy atom. The van der Waals surface area contributed by atoms with Gasteiger partial charge in [0.15, 0.2) is 0 Å². The molecule has 0 aromatic rings. The Kier molecular flexibility index (Phi) is 6.56. The predicted molar refractivity (Wildman–Crippen MR) is 87.6 cm³/mol. The number of hydrogen-bond donors (Lipinski definition) is 3. The summed E-state index contributed by atoms with van der Waals surface area (Å²) >= 11 is 0. The summed E-state index contributed by atoms with van der Waals surface area (Å²) in [5.74, 6) is -0.334. The van der Waals surface area contributed by atoms with Crippen LogP contribution in [0, 0.1) is 16.7 Å². The average Bonchev–Trinajstić information content (AvgIpc) is 2.61. The molecular weight excluding hydrogens is 280 g/mol. The zero-order valence-electron chi connectivity index (χ0n) is 14.4. The van der Waals surface area contributed by atoms with Gasteiger partial charge in [-0.05, 0) is 42.4 Å². The molecule has 1 saturated carbocycles. The lowest BCUT2D eigenvalue weighted by Crippen LogP contribution is -2.42. The van der Waals surface area contributed by atoms with Crippen molar-refractivity contribution in [2.45, 2.75) is 71.9 Å².